The predicted molar refractivity (Wildman–Crippen MR) is 128 cm³/mol. The predicted octanol–water partition coefficient (Wildman–Crippen LogP) is 5.65. The van der Waals surface area contributed by atoms with Gasteiger partial charge in [0.05, 0.1) is 22.3 Å². The highest BCUT2D eigenvalue weighted by molar-refractivity contribution is 6.06. The molecule has 0 aliphatic rings. The van der Waals surface area contributed by atoms with Gasteiger partial charge in [0.1, 0.15) is 11.6 Å². The number of carbonyl (C=O) groups excluding carboxylic acids is 1. The van der Waals surface area contributed by atoms with E-state index in [4.69, 9.17) is 0 Å². The number of nitrogens with one attached hydrogen (secondary N) is 2. The Bertz CT molecular complexity index is 1340. The summed E-state index contributed by atoms with van der Waals surface area (Å²) in [5, 5.41) is 3.00. The number of aromatic nitrogens is 3. The Kier molecular flexibility index (Phi) is 5.09. The quantitative estimate of drug-likeness (QED) is 0.386. The van der Waals surface area contributed by atoms with E-state index in [0.29, 0.717) is 17.1 Å². The van der Waals surface area contributed by atoms with Gasteiger partial charge in [-0.15, -0.1) is 0 Å². The number of imidazole rings is 1. The fourth-order valence-electron chi connectivity index (χ4n) is 3.58. The number of carbonyl (C=O) groups is 1. The molecule has 6 heteroatoms. The molecule has 156 valence electrons. The Balaban J connectivity index is 1.38. The van der Waals surface area contributed by atoms with E-state index in [1.165, 1.54) is 0 Å². The second-order valence-electron chi connectivity index (χ2n) is 7.40. The van der Waals surface area contributed by atoms with Gasteiger partial charge in [-0.1, -0.05) is 42.5 Å². The maximum absolute atomic E-state index is 12.9. The molecule has 0 saturated heterocycles. The van der Waals surface area contributed by atoms with Crippen molar-refractivity contribution in [3.05, 3.63) is 103 Å². The zero-order chi connectivity index (χ0) is 21.9. The molecule has 0 radical (unpaired) electrons. The van der Waals surface area contributed by atoms with Gasteiger partial charge < -0.3 is 15.2 Å². The Morgan fingerprint density at radius 2 is 1.62 bits per heavy atom. The summed E-state index contributed by atoms with van der Waals surface area (Å²) in [5.74, 6) is 1.24. The molecule has 2 aromatic heterocycles. The molecule has 2 N–H and O–H groups in total. The second kappa shape index (κ2) is 8.35. The largest absolute Gasteiger partial charge is 0.338 e. The molecule has 32 heavy (non-hydrogen) atoms. The topological polar surface area (TPSA) is 73.9 Å². The summed E-state index contributed by atoms with van der Waals surface area (Å²) in [7, 11) is 1.95. The van der Waals surface area contributed by atoms with Crippen molar-refractivity contribution in [3.63, 3.8) is 0 Å². The number of amides is 1. The van der Waals surface area contributed by atoms with Crippen molar-refractivity contribution in [1.82, 2.24) is 15.0 Å². The first kappa shape index (κ1) is 19.5. The van der Waals surface area contributed by atoms with Crippen molar-refractivity contribution in [3.8, 4) is 11.4 Å². The van der Waals surface area contributed by atoms with Gasteiger partial charge in [-0.2, -0.15) is 0 Å². The summed E-state index contributed by atoms with van der Waals surface area (Å²) in [6, 6.07) is 29.0. The lowest BCUT2D eigenvalue weighted by Gasteiger charge is -2.18. The Morgan fingerprint density at radius 3 is 2.41 bits per heavy atom. The van der Waals surface area contributed by atoms with E-state index in [1.807, 2.05) is 96.9 Å². The van der Waals surface area contributed by atoms with Crippen molar-refractivity contribution in [2.45, 2.75) is 0 Å². The van der Waals surface area contributed by atoms with Crippen LogP contribution in [-0.4, -0.2) is 27.9 Å². The molecule has 2 heterocycles. The average Bonchev–Trinajstić information content (AvgIpc) is 3.29. The minimum atomic E-state index is -0.227. The van der Waals surface area contributed by atoms with Gasteiger partial charge in [0.2, 0.25) is 0 Å². The number of rotatable bonds is 5. The van der Waals surface area contributed by atoms with E-state index in [1.54, 1.807) is 12.3 Å². The third-order valence-corrected chi connectivity index (χ3v) is 5.32. The number of hydrogen-bond donors (Lipinski definition) is 2. The molecule has 5 aromatic rings. The number of benzene rings is 3. The Morgan fingerprint density at radius 1 is 0.875 bits per heavy atom. The summed E-state index contributed by atoms with van der Waals surface area (Å²) in [6.07, 6.45) is 1.59. The van der Waals surface area contributed by atoms with Crippen molar-refractivity contribution in [2.24, 2.45) is 0 Å². The molecule has 0 fully saturated rings. The third-order valence-electron chi connectivity index (χ3n) is 5.32. The number of para-hydroxylation sites is 4. The summed E-state index contributed by atoms with van der Waals surface area (Å²) in [5.41, 5.74) is 4.84. The molecule has 3 aromatic carbocycles. The number of H-pyrrole nitrogens is 1. The van der Waals surface area contributed by atoms with Crippen molar-refractivity contribution in [2.75, 3.05) is 17.3 Å². The summed E-state index contributed by atoms with van der Waals surface area (Å²) >= 11 is 0. The monoisotopic (exact) mass is 419 g/mol. The van der Waals surface area contributed by atoms with Crippen molar-refractivity contribution >= 4 is 34.1 Å². The number of hydrogen-bond acceptors (Lipinski definition) is 4. The standard InChI is InChI=1S/C26H21N5O/c1-31(19-9-3-2-4-10-19)24-16-15-18(17-27-24)26(32)30-21-12-6-5-11-20(21)25-28-22-13-7-8-14-23(22)29-25/h2-17H,1H3,(H,28,29)(H,30,32). The Labute approximate surface area is 185 Å². The number of aromatic amines is 1. The SMILES string of the molecule is CN(c1ccccc1)c1ccc(C(=O)Nc2ccccc2-c2nc3ccccc3[nH]2)cn1. The molecule has 0 atom stereocenters. The van der Waals surface area contributed by atoms with E-state index >= 15 is 0 Å². The highest BCUT2D eigenvalue weighted by atomic mass is 16.1. The molecule has 1 amide bonds. The highest BCUT2D eigenvalue weighted by Gasteiger charge is 2.14. The molecule has 0 aliphatic heterocycles. The summed E-state index contributed by atoms with van der Waals surface area (Å²) < 4.78 is 0. The van der Waals surface area contributed by atoms with E-state index in [9.17, 15) is 4.79 Å². The fourth-order valence-corrected chi connectivity index (χ4v) is 3.58. The average molecular weight is 419 g/mol. The van der Waals surface area contributed by atoms with E-state index < -0.39 is 0 Å². The molecule has 0 saturated carbocycles. The van der Waals surface area contributed by atoms with Gasteiger partial charge in [0.25, 0.3) is 5.91 Å². The van der Waals surface area contributed by atoms with E-state index in [0.717, 1.165) is 28.1 Å². The van der Waals surface area contributed by atoms with Gasteiger partial charge in [0.15, 0.2) is 0 Å². The molecule has 6 nitrogen and oxygen atoms in total. The molecule has 5 rings (SSSR count). The van der Waals surface area contributed by atoms with Gasteiger partial charge >= 0.3 is 0 Å². The lowest BCUT2D eigenvalue weighted by Crippen LogP contribution is -2.15. The highest BCUT2D eigenvalue weighted by Crippen LogP contribution is 2.28. The first-order valence-corrected chi connectivity index (χ1v) is 10.3. The lowest BCUT2D eigenvalue weighted by atomic mass is 10.1. The van der Waals surface area contributed by atoms with Gasteiger partial charge in [-0.25, -0.2) is 9.97 Å². The minimum Gasteiger partial charge on any atom is -0.338 e. The van der Waals surface area contributed by atoms with Crippen LogP contribution in [0, 0.1) is 0 Å². The van der Waals surface area contributed by atoms with Crippen molar-refractivity contribution in [1.29, 1.82) is 0 Å². The minimum absolute atomic E-state index is 0.227. The second-order valence-corrected chi connectivity index (χ2v) is 7.40. The lowest BCUT2D eigenvalue weighted by molar-refractivity contribution is 0.102. The van der Waals surface area contributed by atoms with Crippen molar-refractivity contribution < 1.29 is 4.79 Å². The van der Waals surface area contributed by atoms with Crippen LogP contribution in [0.25, 0.3) is 22.4 Å². The maximum atomic E-state index is 12.9. The summed E-state index contributed by atoms with van der Waals surface area (Å²) in [4.78, 5) is 27.3. The zero-order valence-corrected chi connectivity index (χ0v) is 17.5. The van der Waals surface area contributed by atoms with Crippen LogP contribution < -0.4 is 10.2 Å². The number of pyridine rings is 1. The maximum Gasteiger partial charge on any atom is 0.257 e. The van der Waals surface area contributed by atoms with Crippen LogP contribution in [0.3, 0.4) is 0 Å². The van der Waals surface area contributed by atoms with E-state index in [-0.39, 0.29) is 5.91 Å². The smallest absolute Gasteiger partial charge is 0.257 e. The van der Waals surface area contributed by atoms with Crippen LogP contribution in [0.5, 0.6) is 0 Å². The molecule has 0 spiro atoms. The number of fused-ring (bicyclic) bond motifs is 1. The van der Waals surface area contributed by atoms with Gasteiger partial charge in [-0.05, 0) is 48.5 Å². The van der Waals surface area contributed by atoms with E-state index in [2.05, 4.69) is 20.3 Å². The molecule has 0 bridgehead atoms. The van der Waals surface area contributed by atoms with Crippen LogP contribution >= 0.6 is 0 Å². The molecular formula is C26H21N5O. The van der Waals surface area contributed by atoms with Crippen LogP contribution in [0.2, 0.25) is 0 Å². The zero-order valence-electron chi connectivity index (χ0n) is 17.5. The normalized spacial score (nSPS) is 10.8. The molecule has 0 unspecified atom stereocenters. The Hall–Kier alpha value is -4.45. The van der Waals surface area contributed by atoms with Gasteiger partial charge in [0, 0.05) is 24.5 Å². The molecule has 0 aliphatic carbocycles. The fraction of sp³-hybridized carbons (Fsp3) is 0.0385. The molecular weight excluding hydrogens is 398 g/mol. The van der Waals surface area contributed by atoms with Crippen LogP contribution in [-0.2, 0) is 0 Å². The van der Waals surface area contributed by atoms with Gasteiger partial charge in [-0.3, -0.25) is 4.79 Å². The van der Waals surface area contributed by atoms with Crippen LogP contribution in [0.15, 0.2) is 97.2 Å². The third kappa shape index (κ3) is 3.81. The number of nitrogens with zero attached hydrogens (tertiary/aromatic N) is 3. The van der Waals surface area contributed by atoms with Crippen LogP contribution in [0.1, 0.15) is 10.4 Å². The summed E-state index contributed by atoms with van der Waals surface area (Å²) in [6.45, 7) is 0. The first-order valence-electron chi connectivity index (χ1n) is 10.3. The first-order chi connectivity index (χ1) is 15.7. The number of anilines is 3. The van der Waals surface area contributed by atoms with Crippen LogP contribution in [0.4, 0.5) is 17.2 Å².